The number of rotatable bonds is 7. The third-order valence-corrected chi connectivity index (χ3v) is 3.55. The number of aliphatic carboxylic acids is 1. The highest BCUT2D eigenvalue weighted by Crippen LogP contribution is 2.29. The van der Waals surface area contributed by atoms with E-state index in [4.69, 9.17) is 5.11 Å². The van der Waals surface area contributed by atoms with Gasteiger partial charge in [0.25, 0.3) is 0 Å². The molecule has 0 aliphatic heterocycles. The molecule has 4 heteroatoms. The second-order valence-corrected chi connectivity index (χ2v) is 5.03. The number of carboxylic acids is 1. The molecular weight excluding hydrogens is 218 g/mol. The first-order valence-corrected chi connectivity index (χ1v) is 6.52. The summed E-state index contributed by atoms with van der Waals surface area (Å²) >= 11 is 0. The van der Waals surface area contributed by atoms with Crippen molar-refractivity contribution >= 4 is 11.9 Å². The van der Waals surface area contributed by atoms with E-state index in [1.165, 1.54) is 0 Å². The lowest BCUT2D eigenvalue weighted by Gasteiger charge is -2.27. The molecule has 4 nitrogen and oxygen atoms in total. The van der Waals surface area contributed by atoms with Crippen molar-refractivity contribution in [2.75, 3.05) is 6.54 Å². The minimum atomic E-state index is -0.892. The van der Waals surface area contributed by atoms with Gasteiger partial charge in [-0.1, -0.05) is 27.2 Å². The molecule has 0 saturated heterocycles. The molecular formula is C13H23NO3. The molecule has 1 rings (SSSR count). The van der Waals surface area contributed by atoms with Crippen molar-refractivity contribution in [3.63, 3.8) is 0 Å². The molecule has 1 amide bonds. The predicted octanol–water partition coefficient (Wildman–Crippen LogP) is 2.13. The Labute approximate surface area is 103 Å². The summed E-state index contributed by atoms with van der Waals surface area (Å²) in [4.78, 5) is 25.0. The molecule has 98 valence electrons. The zero-order valence-corrected chi connectivity index (χ0v) is 11.0. The molecule has 1 N–H and O–H groups in total. The average Bonchev–Trinajstić information content (AvgIpc) is 3.11. The number of carbonyl (C=O) groups excluding carboxylic acids is 1. The second-order valence-electron chi connectivity index (χ2n) is 5.03. The van der Waals surface area contributed by atoms with Crippen LogP contribution >= 0.6 is 0 Å². The summed E-state index contributed by atoms with van der Waals surface area (Å²) in [6.45, 7) is 6.20. The van der Waals surface area contributed by atoms with E-state index in [-0.39, 0.29) is 5.91 Å². The van der Waals surface area contributed by atoms with Crippen LogP contribution < -0.4 is 0 Å². The summed E-state index contributed by atoms with van der Waals surface area (Å²) in [7, 11) is 0. The average molecular weight is 241 g/mol. The zero-order valence-electron chi connectivity index (χ0n) is 11.0. The third kappa shape index (κ3) is 3.72. The van der Waals surface area contributed by atoms with Crippen molar-refractivity contribution < 1.29 is 14.7 Å². The number of nitrogens with zero attached hydrogens (tertiary/aromatic N) is 1. The van der Waals surface area contributed by atoms with Gasteiger partial charge >= 0.3 is 5.97 Å². The van der Waals surface area contributed by atoms with Crippen LogP contribution in [0.25, 0.3) is 0 Å². The van der Waals surface area contributed by atoms with E-state index < -0.39 is 17.8 Å². The summed E-state index contributed by atoms with van der Waals surface area (Å²) in [5.74, 6) is -1.91. The van der Waals surface area contributed by atoms with Gasteiger partial charge < -0.3 is 10.0 Å². The van der Waals surface area contributed by atoms with Crippen molar-refractivity contribution in [3.8, 4) is 0 Å². The molecule has 1 aliphatic carbocycles. The quantitative estimate of drug-likeness (QED) is 0.743. The van der Waals surface area contributed by atoms with Gasteiger partial charge in [0, 0.05) is 18.5 Å². The summed E-state index contributed by atoms with van der Waals surface area (Å²) < 4.78 is 0. The maximum absolute atomic E-state index is 12.2. The van der Waals surface area contributed by atoms with E-state index in [9.17, 15) is 9.59 Å². The van der Waals surface area contributed by atoms with Crippen LogP contribution in [0.5, 0.6) is 0 Å². The lowest BCUT2D eigenvalue weighted by atomic mass is 9.94. The van der Waals surface area contributed by atoms with Gasteiger partial charge in [-0.05, 0) is 19.3 Å². The molecule has 0 radical (unpaired) electrons. The van der Waals surface area contributed by atoms with Crippen LogP contribution in [-0.2, 0) is 9.59 Å². The fraction of sp³-hybridized carbons (Fsp3) is 0.846. The predicted molar refractivity (Wildman–Crippen MR) is 65.6 cm³/mol. The van der Waals surface area contributed by atoms with Gasteiger partial charge in [-0.3, -0.25) is 9.59 Å². The van der Waals surface area contributed by atoms with E-state index in [0.717, 1.165) is 32.2 Å². The highest BCUT2D eigenvalue weighted by atomic mass is 16.4. The summed E-state index contributed by atoms with van der Waals surface area (Å²) in [6.07, 6.45) is 4.20. The number of amides is 1. The highest BCUT2D eigenvalue weighted by molar-refractivity contribution is 5.84. The molecule has 0 heterocycles. The maximum atomic E-state index is 12.2. The van der Waals surface area contributed by atoms with Gasteiger partial charge in [0.1, 0.15) is 0 Å². The van der Waals surface area contributed by atoms with E-state index in [1.54, 1.807) is 13.8 Å². The van der Waals surface area contributed by atoms with Gasteiger partial charge in [0.05, 0.1) is 5.92 Å². The fourth-order valence-electron chi connectivity index (χ4n) is 1.88. The first-order valence-electron chi connectivity index (χ1n) is 6.52. The summed E-state index contributed by atoms with van der Waals surface area (Å²) in [5.41, 5.74) is 0. The molecule has 1 aliphatic rings. The smallest absolute Gasteiger partial charge is 0.307 e. The standard InChI is InChI=1S/C13H23NO3/c1-4-5-8-14(11-6-7-11)12(15)9(2)10(3)13(16)17/h9-11H,4-8H2,1-3H3,(H,16,17). The minimum absolute atomic E-state index is 0.0100. The van der Waals surface area contributed by atoms with Gasteiger partial charge in [0.2, 0.25) is 5.91 Å². The minimum Gasteiger partial charge on any atom is -0.481 e. The first-order chi connectivity index (χ1) is 7.99. The van der Waals surface area contributed by atoms with Crippen LogP contribution in [0.3, 0.4) is 0 Å². The molecule has 0 aromatic heterocycles. The van der Waals surface area contributed by atoms with Crippen molar-refractivity contribution in [2.24, 2.45) is 11.8 Å². The largest absolute Gasteiger partial charge is 0.481 e. The Morgan fingerprint density at radius 3 is 2.29 bits per heavy atom. The van der Waals surface area contributed by atoms with Crippen molar-refractivity contribution in [1.29, 1.82) is 0 Å². The van der Waals surface area contributed by atoms with Crippen molar-refractivity contribution in [2.45, 2.75) is 52.5 Å². The Hall–Kier alpha value is -1.06. The molecule has 17 heavy (non-hydrogen) atoms. The Balaban J connectivity index is 2.60. The van der Waals surface area contributed by atoms with Crippen LogP contribution in [0.15, 0.2) is 0 Å². The second kappa shape index (κ2) is 6.03. The SMILES string of the molecule is CCCCN(C(=O)C(C)C(C)C(=O)O)C1CC1. The van der Waals surface area contributed by atoms with Gasteiger partial charge in [-0.25, -0.2) is 0 Å². The summed E-state index contributed by atoms with van der Waals surface area (Å²) in [6, 6.07) is 0.373. The molecule has 0 aromatic carbocycles. The normalized spacial score (nSPS) is 18.5. The molecule has 0 aromatic rings. The van der Waals surface area contributed by atoms with Gasteiger partial charge in [-0.2, -0.15) is 0 Å². The maximum Gasteiger partial charge on any atom is 0.307 e. The molecule has 0 spiro atoms. The monoisotopic (exact) mass is 241 g/mol. The van der Waals surface area contributed by atoms with Gasteiger partial charge in [0.15, 0.2) is 0 Å². The fourth-order valence-corrected chi connectivity index (χ4v) is 1.88. The van der Waals surface area contributed by atoms with Crippen LogP contribution in [0, 0.1) is 11.8 Å². The Kier molecular flexibility index (Phi) is 4.97. The van der Waals surface area contributed by atoms with E-state index in [1.807, 2.05) is 4.90 Å². The third-order valence-electron chi connectivity index (χ3n) is 3.55. The van der Waals surface area contributed by atoms with Crippen molar-refractivity contribution in [1.82, 2.24) is 4.90 Å². The zero-order chi connectivity index (χ0) is 13.0. The molecule has 1 saturated carbocycles. The Morgan fingerprint density at radius 2 is 1.88 bits per heavy atom. The first kappa shape index (κ1) is 14.0. The van der Waals surface area contributed by atoms with E-state index in [0.29, 0.717) is 6.04 Å². The molecule has 1 fully saturated rings. The van der Waals surface area contributed by atoms with E-state index >= 15 is 0 Å². The van der Waals surface area contributed by atoms with Gasteiger partial charge in [-0.15, -0.1) is 0 Å². The lowest BCUT2D eigenvalue weighted by molar-refractivity contribution is -0.149. The van der Waals surface area contributed by atoms with Crippen LogP contribution in [0.2, 0.25) is 0 Å². The number of carbonyl (C=O) groups is 2. The Morgan fingerprint density at radius 1 is 1.29 bits per heavy atom. The number of hydrogen-bond acceptors (Lipinski definition) is 2. The highest BCUT2D eigenvalue weighted by Gasteiger charge is 2.36. The number of unbranched alkanes of at least 4 members (excludes halogenated alkanes) is 1. The lowest BCUT2D eigenvalue weighted by Crippen LogP contribution is -2.41. The van der Waals surface area contributed by atoms with Crippen LogP contribution in [0.1, 0.15) is 46.5 Å². The summed E-state index contributed by atoms with van der Waals surface area (Å²) in [5, 5.41) is 8.94. The Bertz CT molecular complexity index is 286. The number of carboxylic acid groups (broad SMARTS) is 1. The number of hydrogen-bond donors (Lipinski definition) is 1. The van der Waals surface area contributed by atoms with Crippen molar-refractivity contribution in [3.05, 3.63) is 0 Å². The van der Waals surface area contributed by atoms with Crippen LogP contribution in [0.4, 0.5) is 0 Å². The molecule has 0 bridgehead atoms. The molecule has 2 atom stereocenters. The van der Waals surface area contributed by atoms with Crippen LogP contribution in [-0.4, -0.2) is 34.5 Å². The molecule has 2 unspecified atom stereocenters. The van der Waals surface area contributed by atoms with E-state index in [2.05, 4.69) is 6.92 Å². The topological polar surface area (TPSA) is 57.6 Å².